The number of hydrogen-bond donors (Lipinski definition) is 1. The number of anilines is 1. The van der Waals surface area contributed by atoms with Gasteiger partial charge in [0.25, 0.3) is 0 Å². The van der Waals surface area contributed by atoms with Crippen LogP contribution in [0.25, 0.3) is 0 Å². The Bertz CT molecular complexity index is 504. The highest BCUT2D eigenvalue weighted by molar-refractivity contribution is 5.29. The molecule has 1 N–H and O–H groups in total. The van der Waals surface area contributed by atoms with E-state index in [0.29, 0.717) is 10.8 Å². The molecule has 0 aliphatic heterocycles. The Morgan fingerprint density at radius 2 is 1.84 bits per heavy atom. The Morgan fingerprint density at radius 3 is 2.37 bits per heavy atom. The highest BCUT2D eigenvalue weighted by Gasteiger charge is 2.58. The van der Waals surface area contributed by atoms with Crippen LogP contribution in [0.5, 0.6) is 0 Å². The van der Waals surface area contributed by atoms with Crippen LogP contribution in [-0.4, -0.2) is 21.8 Å². The predicted molar refractivity (Wildman–Crippen MR) is 75.0 cm³/mol. The van der Waals surface area contributed by atoms with Gasteiger partial charge in [-0.1, -0.05) is 6.92 Å². The van der Waals surface area contributed by atoms with Crippen molar-refractivity contribution in [1.82, 2.24) is 14.8 Å². The van der Waals surface area contributed by atoms with Crippen molar-refractivity contribution in [3.05, 3.63) is 5.82 Å². The second-order valence-corrected chi connectivity index (χ2v) is 7.71. The molecule has 19 heavy (non-hydrogen) atoms. The van der Waals surface area contributed by atoms with Gasteiger partial charge in [-0.15, -0.1) is 10.2 Å². The molecule has 4 heteroatoms. The van der Waals surface area contributed by atoms with Crippen molar-refractivity contribution in [2.75, 3.05) is 12.4 Å². The van der Waals surface area contributed by atoms with E-state index < -0.39 is 0 Å². The van der Waals surface area contributed by atoms with Crippen LogP contribution in [-0.2, 0) is 12.5 Å². The minimum atomic E-state index is 0.315. The first-order chi connectivity index (χ1) is 9.04. The second kappa shape index (κ2) is 3.53. The summed E-state index contributed by atoms with van der Waals surface area (Å²) in [5.41, 5.74) is 0.880. The van der Waals surface area contributed by atoms with Crippen molar-refractivity contribution in [3.63, 3.8) is 0 Å². The molecule has 2 unspecified atom stereocenters. The molecule has 0 aromatic carbocycles. The van der Waals surface area contributed by atoms with Gasteiger partial charge in [-0.2, -0.15) is 0 Å². The quantitative estimate of drug-likeness (QED) is 0.889. The zero-order valence-electron chi connectivity index (χ0n) is 12.2. The lowest BCUT2D eigenvalue weighted by Crippen LogP contribution is -2.53. The number of aromatic nitrogens is 3. The normalized spacial score (nSPS) is 43.7. The molecule has 1 aromatic rings. The van der Waals surface area contributed by atoms with Crippen molar-refractivity contribution in [2.45, 2.75) is 50.9 Å². The molecule has 0 amide bonds. The van der Waals surface area contributed by atoms with Crippen molar-refractivity contribution in [3.8, 4) is 0 Å². The zero-order valence-corrected chi connectivity index (χ0v) is 12.2. The maximum atomic E-state index is 4.56. The van der Waals surface area contributed by atoms with Gasteiger partial charge in [0.1, 0.15) is 5.82 Å². The molecule has 0 radical (unpaired) electrons. The first-order valence-corrected chi connectivity index (χ1v) is 7.61. The number of nitrogens with zero attached hydrogens (tertiary/aromatic N) is 3. The van der Waals surface area contributed by atoms with Gasteiger partial charge in [-0.25, -0.2) is 0 Å². The van der Waals surface area contributed by atoms with E-state index in [1.807, 2.05) is 7.05 Å². The van der Waals surface area contributed by atoms with E-state index >= 15 is 0 Å². The number of hydrogen-bond acceptors (Lipinski definition) is 3. The molecule has 2 atom stereocenters. The van der Waals surface area contributed by atoms with Gasteiger partial charge in [-0.3, -0.25) is 0 Å². The van der Waals surface area contributed by atoms with Crippen LogP contribution in [0.1, 0.15) is 51.3 Å². The van der Waals surface area contributed by atoms with E-state index in [9.17, 15) is 0 Å². The Morgan fingerprint density at radius 1 is 1.16 bits per heavy atom. The lowest BCUT2D eigenvalue weighted by molar-refractivity contribution is -0.0658. The van der Waals surface area contributed by atoms with E-state index in [1.54, 1.807) is 0 Å². The summed E-state index contributed by atoms with van der Waals surface area (Å²) in [6.07, 6.45) is 8.37. The Balaban J connectivity index is 1.79. The summed E-state index contributed by atoms with van der Waals surface area (Å²) in [5.74, 6) is 4.00. The molecule has 0 saturated heterocycles. The highest BCUT2D eigenvalue weighted by atomic mass is 15.3. The molecule has 4 saturated carbocycles. The number of rotatable bonds is 2. The molecule has 4 bridgehead atoms. The fourth-order valence-corrected chi connectivity index (χ4v) is 5.99. The van der Waals surface area contributed by atoms with Crippen LogP contribution < -0.4 is 5.32 Å². The Labute approximate surface area is 115 Å². The number of nitrogens with one attached hydrogen (secondary N) is 1. The average Bonchev–Trinajstić information content (AvgIpc) is 2.67. The average molecular weight is 260 g/mol. The summed E-state index contributed by atoms with van der Waals surface area (Å²) in [4.78, 5) is 0. The van der Waals surface area contributed by atoms with Crippen LogP contribution in [0.4, 0.5) is 5.95 Å². The van der Waals surface area contributed by atoms with Crippen LogP contribution in [0.15, 0.2) is 0 Å². The van der Waals surface area contributed by atoms with Gasteiger partial charge < -0.3 is 9.88 Å². The summed E-state index contributed by atoms with van der Waals surface area (Å²) in [7, 11) is 4.04. The van der Waals surface area contributed by atoms with Gasteiger partial charge in [0.2, 0.25) is 5.95 Å². The van der Waals surface area contributed by atoms with Gasteiger partial charge in [-0.05, 0) is 55.8 Å². The molecule has 1 heterocycles. The predicted octanol–water partition coefficient (Wildman–Crippen LogP) is 2.71. The van der Waals surface area contributed by atoms with Crippen molar-refractivity contribution in [1.29, 1.82) is 0 Å². The van der Waals surface area contributed by atoms with Gasteiger partial charge in [0.05, 0.1) is 0 Å². The lowest BCUT2D eigenvalue weighted by atomic mass is 9.44. The highest BCUT2D eigenvalue weighted by Crippen LogP contribution is 2.65. The first kappa shape index (κ1) is 11.7. The van der Waals surface area contributed by atoms with E-state index in [0.717, 1.165) is 17.8 Å². The summed E-state index contributed by atoms with van der Waals surface area (Å²) in [5, 5.41) is 12.0. The van der Waals surface area contributed by atoms with Crippen LogP contribution in [0, 0.1) is 17.3 Å². The fraction of sp³-hybridized carbons (Fsp3) is 0.867. The molecule has 4 aliphatic carbocycles. The minimum Gasteiger partial charge on any atom is -0.357 e. The molecule has 0 spiro atoms. The van der Waals surface area contributed by atoms with Gasteiger partial charge in [0.15, 0.2) is 0 Å². The second-order valence-electron chi connectivity index (χ2n) is 7.71. The Hall–Kier alpha value is -1.06. The first-order valence-electron chi connectivity index (χ1n) is 7.61. The minimum absolute atomic E-state index is 0.315. The maximum Gasteiger partial charge on any atom is 0.224 e. The third-order valence-electron chi connectivity index (χ3n) is 5.93. The Kier molecular flexibility index (Phi) is 2.18. The molecule has 4 fully saturated rings. The summed E-state index contributed by atoms with van der Waals surface area (Å²) in [6.45, 7) is 2.51. The molecule has 4 aliphatic rings. The van der Waals surface area contributed by atoms with Crippen LogP contribution in [0.2, 0.25) is 0 Å². The SMILES string of the molecule is CNc1nnc(C23CC4CC(CC(C)(C4)C2)C3)n1C. The molecule has 5 rings (SSSR count). The zero-order chi connectivity index (χ0) is 13.3. The maximum absolute atomic E-state index is 4.56. The molecular weight excluding hydrogens is 236 g/mol. The van der Waals surface area contributed by atoms with Crippen LogP contribution in [0.3, 0.4) is 0 Å². The standard InChI is InChI=1S/C15H24N4/c1-14-5-10-4-11(6-14)8-15(7-10,9-14)12-17-18-13(16-2)19(12)3/h10-11H,4-9H2,1-3H3,(H,16,18). The molecule has 1 aromatic heterocycles. The third-order valence-corrected chi connectivity index (χ3v) is 5.93. The van der Waals surface area contributed by atoms with Crippen molar-refractivity contribution >= 4 is 5.95 Å². The lowest BCUT2D eigenvalue weighted by Gasteiger charge is -2.60. The van der Waals surface area contributed by atoms with Gasteiger partial charge >= 0.3 is 0 Å². The molecule has 104 valence electrons. The smallest absolute Gasteiger partial charge is 0.224 e. The third kappa shape index (κ3) is 1.52. The van der Waals surface area contributed by atoms with Gasteiger partial charge in [0, 0.05) is 19.5 Å². The largest absolute Gasteiger partial charge is 0.357 e. The topological polar surface area (TPSA) is 42.7 Å². The van der Waals surface area contributed by atoms with Crippen molar-refractivity contribution in [2.24, 2.45) is 24.3 Å². The van der Waals surface area contributed by atoms with E-state index in [-0.39, 0.29) is 0 Å². The van der Waals surface area contributed by atoms with E-state index in [1.165, 1.54) is 44.3 Å². The van der Waals surface area contributed by atoms with E-state index in [4.69, 9.17) is 0 Å². The summed E-state index contributed by atoms with van der Waals surface area (Å²) < 4.78 is 2.19. The fourth-order valence-electron chi connectivity index (χ4n) is 5.99. The monoisotopic (exact) mass is 260 g/mol. The van der Waals surface area contributed by atoms with Crippen molar-refractivity contribution < 1.29 is 0 Å². The van der Waals surface area contributed by atoms with Crippen LogP contribution >= 0.6 is 0 Å². The molecule has 4 nitrogen and oxygen atoms in total. The van der Waals surface area contributed by atoms with E-state index in [2.05, 4.69) is 34.1 Å². The summed E-state index contributed by atoms with van der Waals surface area (Å²) in [6, 6.07) is 0. The summed E-state index contributed by atoms with van der Waals surface area (Å²) >= 11 is 0. The molecular formula is C15H24N4.